The van der Waals surface area contributed by atoms with E-state index in [2.05, 4.69) is 0 Å². The minimum atomic E-state index is -4.08. The predicted molar refractivity (Wildman–Crippen MR) is 68.6 cm³/mol. The Morgan fingerprint density at radius 3 is 2.44 bits per heavy atom. The fourth-order valence-electron chi connectivity index (χ4n) is 1.22. The lowest BCUT2D eigenvalue weighted by atomic mass is 10.2. The van der Waals surface area contributed by atoms with Crippen molar-refractivity contribution in [3.63, 3.8) is 0 Å². The van der Waals surface area contributed by atoms with Crippen molar-refractivity contribution < 1.29 is 18.3 Å². The molecule has 0 aliphatic heterocycles. The molecule has 0 bridgehead atoms. The van der Waals surface area contributed by atoms with E-state index in [0.29, 0.717) is 5.56 Å². The van der Waals surface area contributed by atoms with Crippen molar-refractivity contribution in [2.45, 2.75) is 24.8 Å². The molecule has 2 N–H and O–H groups in total. The first-order valence-electron chi connectivity index (χ1n) is 4.86. The zero-order valence-electron chi connectivity index (χ0n) is 9.57. The van der Waals surface area contributed by atoms with Crippen LogP contribution in [0.5, 0.6) is 0 Å². The number of nitrogens with one attached hydrogen (secondary N) is 1. The molecule has 100 valence electrons. The molecule has 1 rings (SSSR count). The molecular weight excluding hydrogens is 301 g/mol. The van der Waals surface area contributed by atoms with Crippen LogP contribution in [0.3, 0.4) is 0 Å². The summed E-state index contributed by atoms with van der Waals surface area (Å²) in [4.78, 5) is 10.3. The Hall–Kier alpha value is -0.820. The maximum atomic E-state index is 12.0. The van der Waals surface area contributed by atoms with Gasteiger partial charge in [0, 0.05) is 0 Å². The summed E-state index contributed by atoms with van der Waals surface area (Å²) in [5.41, 5.74) is 0.532. The number of rotatable bonds is 4. The third-order valence-electron chi connectivity index (χ3n) is 2.21. The van der Waals surface area contributed by atoms with Crippen molar-refractivity contribution >= 4 is 39.2 Å². The second-order valence-electron chi connectivity index (χ2n) is 3.69. The van der Waals surface area contributed by atoms with Gasteiger partial charge in [-0.2, -0.15) is 4.72 Å². The third kappa shape index (κ3) is 3.14. The van der Waals surface area contributed by atoms with Crippen LogP contribution in [0.25, 0.3) is 0 Å². The van der Waals surface area contributed by atoms with Crippen LogP contribution in [-0.2, 0) is 14.8 Å². The number of hydrogen-bond acceptors (Lipinski definition) is 3. The van der Waals surface area contributed by atoms with Crippen molar-refractivity contribution in [3.05, 3.63) is 27.7 Å². The van der Waals surface area contributed by atoms with Gasteiger partial charge in [0.15, 0.2) is 0 Å². The molecule has 5 nitrogen and oxygen atoms in total. The topological polar surface area (TPSA) is 83.5 Å². The average molecular weight is 312 g/mol. The summed E-state index contributed by atoms with van der Waals surface area (Å²) in [5.74, 6) is -1.29. The quantitative estimate of drug-likeness (QED) is 0.891. The van der Waals surface area contributed by atoms with Crippen LogP contribution in [-0.4, -0.2) is 25.5 Å². The molecule has 0 aliphatic rings. The summed E-state index contributed by atoms with van der Waals surface area (Å²) >= 11 is 11.7. The molecular formula is C10H11Cl2NO4S. The van der Waals surface area contributed by atoms with E-state index >= 15 is 0 Å². The average Bonchev–Trinajstić information content (AvgIpc) is 2.23. The number of carboxylic acid groups (broad SMARTS) is 1. The fourth-order valence-corrected chi connectivity index (χ4v) is 3.61. The molecule has 0 aliphatic carbocycles. The van der Waals surface area contributed by atoms with Gasteiger partial charge in [0.25, 0.3) is 0 Å². The van der Waals surface area contributed by atoms with Gasteiger partial charge in [-0.25, -0.2) is 8.42 Å². The van der Waals surface area contributed by atoms with E-state index in [0.717, 1.165) is 0 Å². The first-order chi connectivity index (χ1) is 8.16. The molecule has 0 fully saturated rings. The van der Waals surface area contributed by atoms with Gasteiger partial charge >= 0.3 is 5.97 Å². The molecule has 0 unspecified atom stereocenters. The van der Waals surface area contributed by atoms with Crippen LogP contribution in [0.15, 0.2) is 17.0 Å². The van der Waals surface area contributed by atoms with Gasteiger partial charge in [0.2, 0.25) is 10.0 Å². The van der Waals surface area contributed by atoms with Gasteiger partial charge in [0.05, 0.1) is 10.0 Å². The minimum Gasteiger partial charge on any atom is -0.480 e. The number of aliphatic carboxylic acids is 1. The first kappa shape index (κ1) is 15.2. The highest BCUT2D eigenvalue weighted by molar-refractivity contribution is 7.89. The number of aryl methyl sites for hydroxylation is 1. The van der Waals surface area contributed by atoms with Crippen molar-refractivity contribution in [1.82, 2.24) is 4.72 Å². The highest BCUT2D eigenvalue weighted by Crippen LogP contribution is 2.31. The summed E-state index contributed by atoms with van der Waals surface area (Å²) in [6.45, 7) is 2.83. The van der Waals surface area contributed by atoms with E-state index in [1.165, 1.54) is 13.0 Å². The summed E-state index contributed by atoms with van der Waals surface area (Å²) in [7, 11) is -4.08. The van der Waals surface area contributed by atoms with Crippen LogP contribution >= 0.6 is 23.2 Å². The maximum Gasteiger partial charge on any atom is 0.321 e. The predicted octanol–water partition coefficient (Wildman–Crippen LogP) is 2.05. The van der Waals surface area contributed by atoms with E-state index < -0.39 is 22.0 Å². The molecule has 0 saturated heterocycles. The largest absolute Gasteiger partial charge is 0.480 e. The van der Waals surface area contributed by atoms with Gasteiger partial charge in [-0.05, 0) is 25.5 Å². The van der Waals surface area contributed by atoms with Crippen LogP contribution in [0.2, 0.25) is 10.0 Å². The second kappa shape index (κ2) is 5.44. The smallest absolute Gasteiger partial charge is 0.321 e. The maximum absolute atomic E-state index is 12.0. The molecule has 0 amide bonds. The molecule has 1 aromatic carbocycles. The van der Waals surface area contributed by atoms with E-state index in [1.807, 2.05) is 4.72 Å². The highest BCUT2D eigenvalue weighted by Gasteiger charge is 2.26. The number of benzene rings is 1. The Bertz CT molecular complexity index is 586. The molecule has 1 atom stereocenters. The lowest BCUT2D eigenvalue weighted by Crippen LogP contribution is -2.38. The van der Waals surface area contributed by atoms with Gasteiger partial charge < -0.3 is 5.11 Å². The van der Waals surface area contributed by atoms with E-state index in [1.54, 1.807) is 13.0 Å². The SMILES string of the molecule is Cc1ccc(Cl)c(S(=O)(=O)N[C@@H](C)C(=O)O)c1Cl. The number of carboxylic acids is 1. The molecule has 0 aromatic heterocycles. The van der Waals surface area contributed by atoms with Gasteiger partial charge in [-0.15, -0.1) is 0 Å². The second-order valence-corrected chi connectivity index (χ2v) is 6.12. The van der Waals surface area contributed by atoms with Crippen LogP contribution in [0, 0.1) is 6.92 Å². The highest BCUT2D eigenvalue weighted by atomic mass is 35.5. The van der Waals surface area contributed by atoms with Crippen molar-refractivity contribution in [2.24, 2.45) is 0 Å². The van der Waals surface area contributed by atoms with E-state index in [9.17, 15) is 13.2 Å². The summed E-state index contributed by atoms with van der Waals surface area (Å²) in [5, 5.41) is 8.61. The normalized spacial score (nSPS) is 13.3. The Morgan fingerprint density at radius 1 is 1.39 bits per heavy atom. The van der Waals surface area contributed by atoms with Crippen LogP contribution in [0.1, 0.15) is 12.5 Å². The molecule has 8 heteroatoms. The number of carbonyl (C=O) groups is 1. The lowest BCUT2D eigenvalue weighted by Gasteiger charge is -2.13. The first-order valence-corrected chi connectivity index (χ1v) is 7.10. The molecule has 0 heterocycles. The van der Waals surface area contributed by atoms with E-state index in [4.69, 9.17) is 28.3 Å². The monoisotopic (exact) mass is 311 g/mol. The van der Waals surface area contributed by atoms with Crippen molar-refractivity contribution in [3.8, 4) is 0 Å². The zero-order valence-corrected chi connectivity index (χ0v) is 11.9. The molecule has 0 spiro atoms. The van der Waals surface area contributed by atoms with Gasteiger partial charge in [0.1, 0.15) is 10.9 Å². The number of sulfonamides is 1. The Labute approximate surface area is 115 Å². The summed E-state index contributed by atoms with van der Waals surface area (Å²) < 4.78 is 26.0. The Balaban J connectivity index is 3.29. The van der Waals surface area contributed by atoms with Crippen LogP contribution in [0.4, 0.5) is 0 Å². The molecule has 1 aromatic rings. The zero-order chi connectivity index (χ0) is 14.1. The number of halogens is 2. The Morgan fingerprint density at radius 2 is 1.94 bits per heavy atom. The Kier molecular flexibility index (Phi) is 4.61. The van der Waals surface area contributed by atoms with Crippen molar-refractivity contribution in [1.29, 1.82) is 0 Å². The summed E-state index contributed by atoms with van der Waals surface area (Å²) in [6, 6.07) is 1.69. The lowest BCUT2D eigenvalue weighted by molar-refractivity contribution is -0.138. The standard InChI is InChI=1S/C10H11Cl2NO4S/c1-5-3-4-7(11)9(8(5)12)18(16,17)13-6(2)10(14)15/h3-4,6,13H,1-2H3,(H,14,15)/t6-/m0/s1. The van der Waals surface area contributed by atoms with Crippen molar-refractivity contribution in [2.75, 3.05) is 0 Å². The molecule has 18 heavy (non-hydrogen) atoms. The minimum absolute atomic E-state index is 0.0208. The molecule has 0 radical (unpaired) electrons. The molecule has 0 saturated carbocycles. The van der Waals surface area contributed by atoms with E-state index in [-0.39, 0.29) is 14.9 Å². The van der Waals surface area contributed by atoms with Gasteiger partial charge in [-0.1, -0.05) is 29.3 Å². The fraction of sp³-hybridized carbons (Fsp3) is 0.300. The van der Waals surface area contributed by atoms with Crippen LogP contribution < -0.4 is 4.72 Å². The van der Waals surface area contributed by atoms with Gasteiger partial charge in [-0.3, -0.25) is 4.79 Å². The summed E-state index contributed by atoms with van der Waals surface area (Å²) in [6.07, 6.45) is 0. The number of hydrogen-bond donors (Lipinski definition) is 2. The third-order valence-corrected chi connectivity index (χ3v) is 4.86.